The minimum absolute atomic E-state index is 0.0853. The van der Waals surface area contributed by atoms with Gasteiger partial charge in [-0.1, -0.05) is 18.2 Å². The van der Waals surface area contributed by atoms with Gasteiger partial charge in [-0.25, -0.2) is 14.0 Å². The number of carbonyl (C=O) groups excluding carboxylic acids is 3. The van der Waals surface area contributed by atoms with Crippen LogP contribution in [0.15, 0.2) is 48.5 Å². The van der Waals surface area contributed by atoms with Crippen molar-refractivity contribution in [1.82, 2.24) is 5.32 Å². The van der Waals surface area contributed by atoms with E-state index in [1.807, 2.05) is 5.32 Å². The molecule has 0 atom stereocenters. The number of esters is 1. The van der Waals surface area contributed by atoms with Gasteiger partial charge in [-0.05, 0) is 35.9 Å². The molecule has 0 unspecified atom stereocenters. The molecule has 8 nitrogen and oxygen atoms in total. The van der Waals surface area contributed by atoms with Gasteiger partial charge in [-0.15, -0.1) is 0 Å². The molecule has 0 aromatic heterocycles. The van der Waals surface area contributed by atoms with Crippen molar-refractivity contribution in [3.63, 3.8) is 0 Å². The lowest BCUT2D eigenvalue weighted by molar-refractivity contribution is -0.143. The fourth-order valence-corrected chi connectivity index (χ4v) is 2.51. The number of urea groups is 1. The largest absolute Gasteiger partial charge is 0.490 e. The molecule has 0 radical (unpaired) electrons. The molecule has 0 fully saturated rings. The number of amides is 3. The maximum absolute atomic E-state index is 13.5. The van der Waals surface area contributed by atoms with Crippen LogP contribution in [-0.4, -0.2) is 37.7 Å². The van der Waals surface area contributed by atoms with Crippen molar-refractivity contribution < 1.29 is 33.0 Å². The number of halogens is 1. The monoisotopic (exact) mass is 414 g/mol. The van der Waals surface area contributed by atoms with Crippen LogP contribution < -0.4 is 20.1 Å². The quantitative estimate of drug-likeness (QED) is 0.576. The molecule has 1 aliphatic rings. The number of hydrogen-bond acceptors (Lipinski definition) is 6. The number of hydrogen-bond donors (Lipinski definition) is 2. The SMILES string of the molecule is O=C(COC(=O)/C=C/c1ccc2c(c1)OCCCO2)NC(=O)Nc1ccccc1F. The van der Waals surface area contributed by atoms with Gasteiger partial charge in [0.25, 0.3) is 5.91 Å². The van der Waals surface area contributed by atoms with Crippen LogP contribution in [0.2, 0.25) is 0 Å². The second kappa shape index (κ2) is 10.1. The molecule has 3 amide bonds. The highest BCUT2D eigenvalue weighted by molar-refractivity contribution is 6.02. The standard InChI is InChI=1S/C21H19FN2O6/c22-15-4-1-2-5-16(15)23-21(27)24-19(25)13-30-20(26)9-7-14-6-8-17-18(12-14)29-11-3-10-28-17/h1-2,4-9,12H,3,10-11,13H2,(H2,23,24,25,27)/b9-7+. The minimum Gasteiger partial charge on any atom is -0.490 e. The van der Waals surface area contributed by atoms with Gasteiger partial charge in [0.1, 0.15) is 5.82 Å². The van der Waals surface area contributed by atoms with Crippen molar-refractivity contribution in [3.8, 4) is 11.5 Å². The first kappa shape index (κ1) is 20.8. The Hall–Kier alpha value is -3.88. The molecule has 3 rings (SSSR count). The summed E-state index contributed by atoms with van der Waals surface area (Å²) in [6.45, 7) is 0.450. The van der Waals surface area contributed by atoms with E-state index in [1.165, 1.54) is 24.3 Å². The summed E-state index contributed by atoms with van der Waals surface area (Å²) in [4.78, 5) is 35.2. The van der Waals surface area contributed by atoms with E-state index in [4.69, 9.17) is 14.2 Å². The number of benzene rings is 2. The molecule has 0 aliphatic carbocycles. The molecule has 30 heavy (non-hydrogen) atoms. The molecule has 9 heteroatoms. The van der Waals surface area contributed by atoms with Gasteiger partial charge >= 0.3 is 12.0 Å². The number of anilines is 1. The van der Waals surface area contributed by atoms with Crippen LogP contribution >= 0.6 is 0 Å². The van der Waals surface area contributed by atoms with Gasteiger partial charge in [0.05, 0.1) is 18.9 Å². The van der Waals surface area contributed by atoms with Gasteiger partial charge in [0.15, 0.2) is 18.1 Å². The lowest BCUT2D eigenvalue weighted by Gasteiger charge is -2.08. The Morgan fingerprint density at radius 1 is 1.07 bits per heavy atom. The van der Waals surface area contributed by atoms with Crippen molar-refractivity contribution >= 4 is 29.7 Å². The lowest BCUT2D eigenvalue weighted by Crippen LogP contribution is -2.37. The first-order chi connectivity index (χ1) is 14.5. The van der Waals surface area contributed by atoms with Crippen molar-refractivity contribution in [2.24, 2.45) is 0 Å². The maximum atomic E-state index is 13.5. The third-order valence-corrected chi connectivity index (χ3v) is 3.90. The van der Waals surface area contributed by atoms with E-state index in [0.29, 0.717) is 30.3 Å². The number of nitrogens with one attached hydrogen (secondary N) is 2. The summed E-state index contributed by atoms with van der Waals surface area (Å²) in [5.74, 6) is -1.06. The maximum Gasteiger partial charge on any atom is 0.331 e. The van der Waals surface area contributed by atoms with Gasteiger partial charge in [0, 0.05) is 12.5 Å². The third kappa shape index (κ3) is 6.06. The van der Waals surface area contributed by atoms with Crippen LogP contribution in [0.25, 0.3) is 6.08 Å². The van der Waals surface area contributed by atoms with Gasteiger partial charge in [-0.3, -0.25) is 10.1 Å². The first-order valence-electron chi connectivity index (χ1n) is 9.11. The number of imide groups is 1. The summed E-state index contributed by atoms with van der Waals surface area (Å²) >= 11 is 0. The molecule has 2 aromatic rings. The van der Waals surface area contributed by atoms with Crippen LogP contribution in [0.1, 0.15) is 12.0 Å². The average Bonchev–Trinajstić information content (AvgIpc) is 2.97. The van der Waals surface area contributed by atoms with Crippen molar-refractivity contribution in [2.45, 2.75) is 6.42 Å². The molecule has 0 bridgehead atoms. The Bertz CT molecular complexity index is 976. The zero-order valence-corrected chi connectivity index (χ0v) is 15.9. The fraction of sp³-hybridized carbons (Fsp3) is 0.190. The van der Waals surface area contributed by atoms with E-state index >= 15 is 0 Å². The summed E-state index contributed by atoms with van der Waals surface area (Å²) in [5, 5.41) is 4.12. The third-order valence-electron chi connectivity index (χ3n) is 3.90. The van der Waals surface area contributed by atoms with Crippen LogP contribution in [-0.2, 0) is 14.3 Å². The summed E-state index contributed by atoms with van der Waals surface area (Å²) in [6, 6.07) is 9.76. The molecular weight excluding hydrogens is 395 g/mol. The highest BCUT2D eigenvalue weighted by Crippen LogP contribution is 2.30. The highest BCUT2D eigenvalue weighted by Gasteiger charge is 2.12. The zero-order chi connectivity index (χ0) is 21.3. The number of fused-ring (bicyclic) bond motifs is 1. The summed E-state index contributed by atoms with van der Waals surface area (Å²) in [6.07, 6.45) is 3.43. The second-order valence-corrected chi connectivity index (χ2v) is 6.18. The van der Waals surface area contributed by atoms with Crippen LogP contribution in [0, 0.1) is 5.82 Å². The Morgan fingerprint density at radius 3 is 2.63 bits per heavy atom. The number of rotatable bonds is 5. The number of para-hydroxylation sites is 1. The number of carbonyl (C=O) groups is 3. The van der Waals surface area contributed by atoms with Gasteiger partial charge in [-0.2, -0.15) is 0 Å². The number of ether oxygens (including phenoxy) is 3. The molecule has 2 N–H and O–H groups in total. The van der Waals surface area contributed by atoms with Crippen LogP contribution in [0.4, 0.5) is 14.9 Å². The molecule has 156 valence electrons. The topological polar surface area (TPSA) is 103 Å². The van der Waals surface area contributed by atoms with Crippen LogP contribution in [0.5, 0.6) is 11.5 Å². The predicted octanol–water partition coefficient (Wildman–Crippen LogP) is 2.89. The summed E-state index contributed by atoms with van der Waals surface area (Å²) in [7, 11) is 0. The average molecular weight is 414 g/mol. The fourth-order valence-electron chi connectivity index (χ4n) is 2.51. The predicted molar refractivity (Wildman–Crippen MR) is 106 cm³/mol. The summed E-state index contributed by atoms with van der Waals surface area (Å²) in [5.41, 5.74) is 0.600. The molecule has 2 aromatic carbocycles. The zero-order valence-electron chi connectivity index (χ0n) is 15.9. The van der Waals surface area contributed by atoms with Crippen molar-refractivity contribution in [2.75, 3.05) is 25.1 Å². The highest BCUT2D eigenvalue weighted by atomic mass is 19.1. The minimum atomic E-state index is -0.941. The van der Waals surface area contributed by atoms with E-state index in [9.17, 15) is 18.8 Å². The Kier molecular flexibility index (Phi) is 6.99. The van der Waals surface area contributed by atoms with Crippen LogP contribution in [0.3, 0.4) is 0 Å². The molecular formula is C21H19FN2O6. The van der Waals surface area contributed by atoms with E-state index < -0.39 is 30.3 Å². The van der Waals surface area contributed by atoms with E-state index in [1.54, 1.807) is 18.2 Å². The molecule has 0 saturated carbocycles. The molecule has 1 heterocycles. The van der Waals surface area contributed by atoms with Crippen molar-refractivity contribution in [1.29, 1.82) is 0 Å². The lowest BCUT2D eigenvalue weighted by atomic mass is 10.2. The summed E-state index contributed by atoms with van der Waals surface area (Å²) < 4.78 is 29.3. The van der Waals surface area contributed by atoms with Crippen molar-refractivity contribution in [3.05, 3.63) is 59.9 Å². The Labute approximate surface area is 171 Å². The Morgan fingerprint density at radius 2 is 1.83 bits per heavy atom. The Balaban J connectivity index is 1.45. The van der Waals surface area contributed by atoms with Gasteiger partial charge < -0.3 is 19.5 Å². The smallest absolute Gasteiger partial charge is 0.331 e. The first-order valence-corrected chi connectivity index (χ1v) is 9.11. The molecule has 0 spiro atoms. The van der Waals surface area contributed by atoms with Gasteiger partial charge in [0.2, 0.25) is 0 Å². The molecule has 0 saturated heterocycles. The van der Waals surface area contributed by atoms with E-state index in [-0.39, 0.29) is 5.69 Å². The van der Waals surface area contributed by atoms with E-state index in [2.05, 4.69) is 5.32 Å². The van der Waals surface area contributed by atoms with E-state index in [0.717, 1.165) is 18.6 Å². The second-order valence-electron chi connectivity index (χ2n) is 6.18. The molecule has 1 aliphatic heterocycles. The normalized spacial score (nSPS) is 12.7.